The molecule has 0 radical (unpaired) electrons. The maximum absolute atomic E-state index is 11.2. The van der Waals surface area contributed by atoms with Gasteiger partial charge in [0.2, 0.25) is 0 Å². The van der Waals surface area contributed by atoms with Gasteiger partial charge in [-0.3, -0.25) is 4.79 Å². The zero-order chi connectivity index (χ0) is 6.97. The molecule has 10 heavy (non-hydrogen) atoms. The topological polar surface area (TPSA) is 17.1 Å². The summed E-state index contributed by atoms with van der Waals surface area (Å²) in [6.45, 7) is 0. The Morgan fingerprint density at radius 3 is 2.90 bits per heavy atom. The lowest BCUT2D eigenvalue weighted by Gasteiger charge is -2.21. The maximum atomic E-state index is 11.2. The van der Waals surface area contributed by atoms with Crippen molar-refractivity contribution in [3.05, 3.63) is 0 Å². The molecule has 0 aromatic rings. The van der Waals surface area contributed by atoms with Gasteiger partial charge in [-0.05, 0) is 18.8 Å². The molecule has 1 saturated heterocycles. The van der Waals surface area contributed by atoms with E-state index in [1.165, 1.54) is 25.7 Å². The second-order valence-corrected chi connectivity index (χ2v) is 4.31. The van der Waals surface area contributed by atoms with Crippen molar-refractivity contribution in [2.45, 2.75) is 25.7 Å². The van der Waals surface area contributed by atoms with E-state index in [1.807, 2.05) is 0 Å². The van der Waals surface area contributed by atoms with E-state index in [1.54, 1.807) is 11.8 Å². The molecular formula is C8H12OS. The predicted molar refractivity (Wildman–Crippen MR) is 42.9 cm³/mol. The Labute approximate surface area is 65.6 Å². The van der Waals surface area contributed by atoms with Gasteiger partial charge in [-0.2, -0.15) is 0 Å². The van der Waals surface area contributed by atoms with Crippen LogP contribution in [0, 0.1) is 11.8 Å². The highest BCUT2D eigenvalue weighted by Gasteiger charge is 2.36. The van der Waals surface area contributed by atoms with Crippen LogP contribution in [0.2, 0.25) is 0 Å². The highest BCUT2D eigenvalue weighted by Crippen LogP contribution is 2.41. The molecule has 0 amide bonds. The smallest absolute Gasteiger partial charge is 0.192 e. The van der Waals surface area contributed by atoms with Gasteiger partial charge in [0.1, 0.15) is 0 Å². The highest BCUT2D eigenvalue weighted by atomic mass is 32.2. The van der Waals surface area contributed by atoms with Crippen molar-refractivity contribution < 1.29 is 4.79 Å². The molecule has 0 spiro atoms. The average molecular weight is 156 g/mol. The summed E-state index contributed by atoms with van der Waals surface area (Å²) in [6.07, 6.45) is 5.13. The molecule has 2 heteroatoms. The monoisotopic (exact) mass is 156 g/mol. The quantitative estimate of drug-likeness (QED) is 0.534. The van der Waals surface area contributed by atoms with Crippen molar-refractivity contribution in [1.29, 1.82) is 0 Å². The lowest BCUT2D eigenvalue weighted by atomic mass is 9.81. The van der Waals surface area contributed by atoms with Gasteiger partial charge in [0, 0.05) is 11.7 Å². The lowest BCUT2D eigenvalue weighted by Crippen LogP contribution is -2.19. The Morgan fingerprint density at radius 2 is 2.10 bits per heavy atom. The molecule has 2 unspecified atom stereocenters. The Bertz CT molecular complexity index is 155. The number of carbonyl (C=O) groups is 1. The first kappa shape index (κ1) is 6.71. The van der Waals surface area contributed by atoms with E-state index in [2.05, 4.69) is 0 Å². The maximum Gasteiger partial charge on any atom is 0.192 e. The number of carbonyl (C=O) groups excluding carboxylic acids is 1. The van der Waals surface area contributed by atoms with Crippen LogP contribution in [-0.2, 0) is 4.79 Å². The summed E-state index contributed by atoms with van der Waals surface area (Å²) in [5.74, 6) is 2.33. The molecule has 1 saturated carbocycles. The number of hydrogen-bond donors (Lipinski definition) is 0. The standard InChI is InChI=1S/C8H12OS/c9-8-7-4-2-1-3-6(7)5-10-8/h6-7H,1-5H2. The Hall–Kier alpha value is 0.0200. The Kier molecular flexibility index (Phi) is 1.73. The minimum absolute atomic E-state index is 0.457. The third kappa shape index (κ3) is 0.986. The molecule has 0 N–H and O–H groups in total. The highest BCUT2D eigenvalue weighted by molar-refractivity contribution is 8.14. The van der Waals surface area contributed by atoms with Crippen LogP contribution in [0.3, 0.4) is 0 Å². The summed E-state index contributed by atoms with van der Waals surface area (Å²) in [5.41, 5.74) is 0. The van der Waals surface area contributed by atoms with Crippen LogP contribution in [-0.4, -0.2) is 10.9 Å². The number of hydrogen-bond acceptors (Lipinski definition) is 2. The third-order valence-electron chi connectivity index (χ3n) is 2.65. The largest absolute Gasteiger partial charge is 0.287 e. The molecule has 2 fully saturated rings. The van der Waals surface area contributed by atoms with Gasteiger partial charge in [0.15, 0.2) is 5.12 Å². The zero-order valence-corrected chi connectivity index (χ0v) is 6.82. The van der Waals surface area contributed by atoms with E-state index in [4.69, 9.17) is 0 Å². The SMILES string of the molecule is O=C1SCC2CCCCC12. The molecule has 1 aliphatic heterocycles. The Balaban J connectivity index is 2.08. The second-order valence-electron chi connectivity index (χ2n) is 3.28. The van der Waals surface area contributed by atoms with Crippen molar-refractivity contribution in [3.63, 3.8) is 0 Å². The van der Waals surface area contributed by atoms with Gasteiger partial charge in [-0.15, -0.1) is 0 Å². The van der Waals surface area contributed by atoms with E-state index >= 15 is 0 Å². The van der Waals surface area contributed by atoms with Gasteiger partial charge >= 0.3 is 0 Å². The zero-order valence-electron chi connectivity index (χ0n) is 6.01. The van der Waals surface area contributed by atoms with Crippen LogP contribution >= 0.6 is 11.8 Å². The molecule has 1 nitrogen and oxygen atoms in total. The van der Waals surface area contributed by atoms with Crippen LogP contribution in [0.4, 0.5) is 0 Å². The summed E-state index contributed by atoms with van der Waals surface area (Å²) >= 11 is 1.56. The summed E-state index contributed by atoms with van der Waals surface area (Å²) in [4.78, 5) is 11.2. The molecule has 0 bridgehead atoms. The van der Waals surface area contributed by atoms with Gasteiger partial charge in [0.05, 0.1) is 0 Å². The normalized spacial score (nSPS) is 39.8. The first-order valence-electron chi connectivity index (χ1n) is 4.04. The molecule has 2 aliphatic rings. The number of thioether (sulfide) groups is 1. The Morgan fingerprint density at radius 1 is 1.30 bits per heavy atom. The van der Waals surface area contributed by atoms with Crippen LogP contribution in [0.1, 0.15) is 25.7 Å². The van der Waals surface area contributed by atoms with Crippen LogP contribution < -0.4 is 0 Å². The predicted octanol–water partition coefficient (Wildman–Crippen LogP) is 2.07. The van der Waals surface area contributed by atoms with Gasteiger partial charge < -0.3 is 0 Å². The molecule has 0 aromatic heterocycles. The average Bonchev–Trinajstić information content (AvgIpc) is 2.34. The number of fused-ring (bicyclic) bond motifs is 1. The fourth-order valence-corrected chi connectivity index (χ4v) is 3.32. The molecule has 2 rings (SSSR count). The van der Waals surface area contributed by atoms with E-state index in [0.29, 0.717) is 11.0 Å². The lowest BCUT2D eigenvalue weighted by molar-refractivity contribution is -0.115. The van der Waals surface area contributed by atoms with Crippen LogP contribution in [0.5, 0.6) is 0 Å². The van der Waals surface area contributed by atoms with E-state index in [-0.39, 0.29) is 0 Å². The third-order valence-corrected chi connectivity index (χ3v) is 3.83. The van der Waals surface area contributed by atoms with Crippen molar-refractivity contribution in [1.82, 2.24) is 0 Å². The summed E-state index contributed by atoms with van der Waals surface area (Å²) < 4.78 is 0. The van der Waals surface area contributed by atoms with Crippen molar-refractivity contribution in [3.8, 4) is 0 Å². The minimum atomic E-state index is 0.457. The van der Waals surface area contributed by atoms with Crippen molar-refractivity contribution >= 4 is 16.9 Å². The molecule has 2 atom stereocenters. The van der Waals surface area contributed by atoms with Crippen molar-refractivity contribution in [2.75, 3.05) is 5.75 Å². The van der Waals surface area contributed by atoms with E-state index in [0.717, 1.165) is 11.7 Å². The molecule has 1 aliphatic carbocycles. The minimum Gasteiger partial charge on any atom is -0.287 e. The first-order valence-corrected chi connectivity index (χ1v) is 5.03. The fourth-order valence-electron chi connectivity index (χ4n) is 2.01. The van der Waals surface area contributed by atoms with E-state index < -0.39 is 0 Å². The molecule has 56 valence electrons. The van der Waals surface area contributed by atoms with Gasteiger partial charge in [0.25, 0.3) is 0 Å². The van der Waals surface area contributed by atoms with Gasteiger partial charge in [-0.1, -0.05) is 24.6 Å². The summed E-state index contributed by atoms with van der Waals surface area (Å²) in [7, 11) is 0. The summed E-state index contributed by atoms with van der Waals surface area (Å²) in [6, 6.07) is 0. The molecule has 0 aromatic carbocycles. The van der Waals surface area contributed by atoms with Crippen molar-refractivity contribution in [2.24, 2.45) is 11.8 Å². The van der Waals surface area contributed by atoms with Crippen LogP contribution in [0.25, 0.3) is 0 Å². The second kappa shape index (κ2) is 2.57. The van der Waals surface area contributed by atoms with Crippen LogP contribution in [0.15, 0.2) is 0 Å². The summed E-state index contributed by atoms with van der Waals surface area (Å²) in [5, 5.41) is 0.477. The molecule has 1 heterocycles. The fraction of sp³-hybridized carbons (Fsp3) is 0.875. The number of rotatable bonds is 0. The van der Waals surface area contributed by atoms with E-state index in [9.17, 15) is 4.79 Å². The van der Waals surface area contributed by atoms with Gasteiger partial charge in [-0.25, -0.2) is 0 Å². The molecular weight excluding hydrogens is 144 g/mol. The first-order chi connectivity index (χ1) is 4.88.